The maximum Gasteiger partial charge on any atom is 0.263 e. The summed E-state index contributed by atoms with van der Waals surface area (Å²) in [6.45, 7) is 6.74. The zero-order chi connectivity index (χ0) is 14.3. The van der Waals surface area contributed by atoms with Crippen LogP contribution in [-0.2, 0) is 0 Å². The van der Waals surface area contributed by atoms with Crippen molar-refractivity contribution >= 4 is 0 Å². The van der Waals surface area contributed by atoms with E-state index in [0.29, 0.717) is 6.54 Å². The van der Waals surface area contributed by atoms with Crippen molar-refractivity contribution in [2.45, 2.75) is 39.2 Å². The number of nitrogens with zero attached hydrogens (tertiary/aromatic N) is 1. The van der Waals surface area contributed by atoms with Crippen molar-refractivity contribution in [2.75, 3.05) is 19.6 Å². The molecule has 2 N–H and O–H groups in total. The Kier molecular flexibility index (Phi) is 6.95. The smallest absolute Gasteiger partial charge is 0.263 e. The minimum atomic E-state index is -2.41. The molecule has 0 bridgehead atoms. The van der Waals surface area contributed by atoms with E-state index in [0.717, 1.165) is 31.5 Å². The van der Waals surface area contributed by atoms with Crippen LogP contribution >= 0.6 is 0 Å². The van der Waals surface area contributed by atoms with E-state index in [1.807, 2.05) is 0 Å². The van der Waals surface area contributed by atoms with Gasteiger partial charge in [0.1, 0.15) is 0 Å². The fourth-order valence-corrected chi connectivity index (χ4v) is 2.36. The highest BCUT2D eigenvalue weighted by molar-refractivity contribution is 5.26. The normalized spacial score (nSPS) is 13.2. The first-order valence-corrected chi connectivity index (χ1v) is 6.96. The molecule has 1 aromatic rings. The summed E-state index contributed by atoms with van der Waals surface area (Å²) in [6, 6.07) is 6.67. The molecule has 1 aromatic carbocycles. The van der Waals surface area contributed by atoms with Gasteiger partial charge in [0, 0.05) is 18.2 Å². The fourth-order valence-electron chi connectivity index (χ4n) is 2.36. The number of halogens is 2. The van der Waals surface area contributed by atoms with Crippen molar-refractivity contribution in [2.24, 2.45) is 5.73 Å². The third-order valence-electron chi connectivity index (χ3n) is 3.26. The van der Waals surface area contributed by atoms with Gasteiger partial charge in [0.15, 0.2) is 0 Å². The number of nitrogens with two attached hydrogens (primary N) is 1. The Bertz CT molecular complexity index is 346. The average Bonchev–Trinajstić information content (AvgIpc) is 2.40. The topological polar surface area (TPSA) is 29.3 Å². The van der Waals surface area contributed by atoms with Gasteiger partial charge in [-0.05, 0) is 31.5 Å². The molecule has 0 spiro atoms. The Morgan fingerprint density at radius 1 is 1.00 bits per heavy atom. The van der Waals surface area contributed by atoms with Crippen LogP contribution < -0.4 is 5.73 Å². The Morgan fingerprint density at radius 2 is 1.47 bits per heavy atom. The first kappa shape index (κ1) is 16.1. The van der Waals surface area contributed by atoms with Crippen LogP contribution in [0.1, 0.15) is 50.3 Å². The summed E-state index contributed by atoms with van der Waals surface area (Å²) in [5.41, 5.74) is 6.96. The van der Waals surface area contributed by atoms with Crippen LogP contribution in [0.15, 0.2) is 24.3 Å². The second-order valence-electron chi connectivity index (χ2n) is 4.75. The molecule has 0 aliphatic rings. The predicted molar refractivity (Wildman–Crippen MR) is 75.3 cm³/mol. The molecular formula is C15H24F2N2. The van der Waals surface area contributed by atoms with Gasteiger partial charge in [0.2, 0.25) is 0 Å². The maximum atomic E-state index is 12.5. The summed E-state index contributed by atoms with van der Waals surface area (Å²) in [6.07, 6.45) is -0.287. The summed E-state index contributed by atoms with van der Waals surface area (Å²) < 4.78 is 25.1. The van der Waals surface area contributed by atoms with E-state index in [1.165, 1.54) is 12.1 Å². The number of hydrogen-bond donors (Lipinski definition) is 1. The molecule has 0 fully saturated rings. The molecule has 2 nitrogen and oxygen atoms in total. The first-order valence-electron chi connectivity index (χ1n) is 6.96. The molecular weight excluding hydrogens is 246 g/mol. The monoisotopic (exact) mass is 270 g/mol. The quantitative estimate of drug-likeness (QED) is 0.779. The fraction of sp³-hybridized carbons (Fsp3) is 0.600. The summed E-state index contributed by atoms with van der Waals surface area (Å²) in [5, 5.41) is 0. The van der Waals surface area contributed by atoms with E-state index < -0.39 is 6.43 Å². The minimum Gasteiger partial charge on any atom is -0.329 e. The molecule has 108 valence electrons. The first-order chi connectivity index (χ1) is 9.13. The van der Waals surface area contributed by atoms with E-state index in [1.54, 1.807) is 12.1 Å². The molecule has 1 atom stereocenters. The average molecular weight is 270 g/mol. The van der Waals surface area contributed by atoms with E-state index in [9.17, 15) is 8.78 Å². The number of hydrogen-bond acceptors (Lipinski definition) is 2. The predicted octanol–water partition coefficient (Wildman–Crippen LogP) is 3.75. The highest BCUT2D eigenvalue weighted by Gasteiger charge is 2.18. The third kappa shape index (κ3) is 4.55. The largest absolute Gasteiger partial charge is 0.329 e. The second-order valence-corrected chi connectivity index (χ2v) is 4.75. The zero-order valence-electron chi connectivity index (χ0n) is 11.8. The lowest BCUT2D eigenvalue weighted by atomic mass is 10.0. The van der Waals surface area contributed by atoms with E-state index in [4.69, 9.17) is 5.73 Å². The molecule has 0 heterocycles. The molecule has 0 radical (unpaired) electrons. The highest BCUT2D eigenvalue weighted by atomic mass is 19.3. The Balaban J connectivity index is 2.87. The van der Waals surface area contributed by atoms with Gasteiger partial charge in [-0.3, -0.25) is 4.90 Å². The molecule has 1 unspecified atom stereocenters. The zero-order valence-corrected chi connectivity index (χ0v) is 11.8. The van der Waals surface area contributed by atoms with Gasteiger partial charge in [-0.2, -0.15) is 0 Å². The molecule has 0 saturated carbocycles. The Labute approximate surface area is 114 Å². The van der Waals surface area contributed by atoms with Crippen molar-refractivity contribution in [3.63, 3.8) is 0 Å². The molecule has 0 saturated heterocycles. The lowest BCUT2D eigenvalue weighted by Crippen LogP contribution is -2.35. The number of alkyl halides is 2. The second kappa shape index (κ2) is 8.23. The Morgan fingerprint density at radius 3 is 1.84 bits per heavy atom. The van der Waals surface area contributed by atoms with Gasteiger partial charge in [-0.25, -0.2) is 8.78 Å². The van der Waals surface area contributed by atoms with Crippen LogP contribution in [0.2, 0.25) is 0 Å². The number of benzene rings is 1. The third-order valence-corrected chi connectivity index (χ3v) is 3.26. The van der Waals surface area contributed by atoms with Gasteiger partial charge in [0.25, 0.3) is 6.43 Å². The van der Waals surface area contributed by atoms with Gasteiger partial charge in [-0.1, -0.05) is 38.1 Å². The molecule has 19 heavy (non-hydrogen) atoms. The lowest BCUT2D eigenvalue weighted by Gasteiger charge is -2.30. The highest BCUT2D eigenvalue weighted by Crippen LogP contribution is 2.24. The van der Waals surface area contributed by atoms with Crippen LogP contribution in [0.25, 0.3) is 0 Å². The van der Waals surface area contributed by atoms with Gasteiger partial charge >= 0.3 is 0 Å². The van der Waals surface area contributed by atoms with Crippen LogP contribution in [0.4, 0.5) is 8.78 Å². The molecule has 0 aliphatic heterocycles. The van der Waals surface area contributed by atoms with E-state index in [2.05, 4.69) is 18.7 Å². The Hall–Kier alpha value is -1.00. The van der Waals surface area contributed by atoms with Crippen molar-refractivity contribution in [1.82, 2.24) is 4.90 Å². The summed E-state index contributed by atoms with van der Waals surface area (Å²) in [7, 11) is 0. The SMILES string of the molecule is CCCN(CCC)C(CN)c1ccc(C(F)F)cc1. The molecule has 4 heteroatoms. The molecule has 0 amide bonds. The standard InChI is InChI=1S/C15H24F2N2/c1-3-9-19(10-4-2)14(11-18)12-5-7-13(8-6-12)15(16)17/h5-8,14-15H,3-4,9-11,18H2,1-2H3. The van der Waals surface area contributed by atoms with Gasteiger partial charge in [-0.15, -0.1) is 0 Å². The van der Waals surface area contributed by atoms with E-state index in [-0.39, 0.29) is 11.6 Å². The molecule has 1 rings (SSSR count). The van der Waals surface area contributed by atoms with Crippen LogP contribution in [0.5, 0.6) is 0 Å². The summed E-state index contributed by atoms with van der Waals surface area (Å²) in [4.78, 5) is 2.33. The van der Waals surface area contributed by atoms with Gasteiger partial charge < -0.3 is 5.73 Å². The van der Waals surface area contributed by atoms with Crippen LogP contribution in [0.3, 0.4) is 0 Å². The molecule has 0 aromatic heterocycles. The summed E-state index contributed by atoms with van der Waals surface area (Å²) in [5.74, 6) is 0. The van der Waals surface area contributed by atoms with Crippen molar-refractivity contribution < 1.29 is 8.78 Å². The summed E-state index contributed by atoms with van der Waals surface area (Å²) >= 11 is 0. The lowest BCUT2D eigenvalue weighted by molar-refractivity contribution is 0.151. The van der Waals surface area contributed by atoms with Crippen LogP contribution in [-0.4, -0.2) is 24.5 Å². The van der Waals surface area contributed by atoms with Gasteiger partial charge in [0.05, 0.1) is 0 Å². The minimum absolute atomic E-state index is 0.0667. The van der Waals surface area contributed by atoms with Crippen molar-refractivity contribution in [1.29, 1.82) is 0 Å². The number of rotatable bonds is 8. The van der Waals surface area contributed by atoms with E-state index >= 15 is 0 Å². The van der Waals surface area contributed by atoms with Crippen LogP contribution in [0, 0.1) is 0 Å². The van der Waals surface area contributed by atoms with Crippen molar-refractivity contribution in [3.8, 4) is 0 Å². The molecule has 0 aliphatic carbocycles. The van der Waals surface area contributed by atoms with Crippen molar-refractivity contribution in [3.05, 3.63) is 35.4 Å². The maximum absolute atomic E-state index is 12.5.